The highest BCUT2D eigenvalue weighted by molar-refractivity contribution is 5.78. The number of carbonyl (C=O) groups excluding carboxylic acids is 1. The van der Waals surface area contributed by atoms with E-state index in [9.17, 15) is 9.90 Å². The van der Waals surface area contributed by atoms with Crippen molar-refractivity contribution in [3.63, 3.8) is 0 Å². The van der Waals surface area contributed by atoms with Gasteiger partial charge in [-0.3, -0.25) is 9.69 Å². The van der Waals surface area contributed by atoms with Gasteiger partial charge in [-0.05, 0) is 39.7 Å². The number of hydrogen-bond acceptors (Lipinski definition) is 3. The van der Waals surface area contributed by atoms with Crippen LogP contribution in [-0.2, 0) is 4.79 Å². The van der Waals surface area contributed by atoms with Gasteiger partial charge in [-0.15, -0.1) is 0 Å². The molecule has 0 heterocycles. The molecule has 0 atom stereocenters. The topological polar surface area (TPSA) is 43.8 Å². The maximum absolute atomic E-state index is 12.6. The summed E-state index contributed by atoms with van der Waals surface area (Å²) in [5.74, 6) is 0.230. The van der Waals surface area contributed by atoms with Crippen LogP contribution in [0.15, 0.2) is 0 Å². The first-order valence-electron chi connectivity index (χ1n) is 8.74. The molecule has 2 fully saturated rings. The Hall–Kier alpha value is -0.610. The highest BCUT2D eigenvalue weighted by atomic mass is 16.3. The van der Waals surface area contributed by atoms with Crippen LogP contribution in [0.4, 0.5) is 0 Å². The smallest absolute Gasteiger partial charge is 0.236 e. The van der Waals surface area contributed by atoms with Gasteiger partial charge in [-0.2, -0.15) is 0 Å². The second kappa shape index (κ2) is 7.59. The Bertz CT molecular complexity index is 334. The van der Waals surface area contributed by atoms with Gasteiger partial charge < -0.3 is 10.0 Å². The largest absolute Gasteiger partial charge is 0.389 e. The van der Waals surface area contributed by atoms with E-state index in [1.165, 1.54) is 19.3 Å². The SMILES string of the molecule is CCN(C(=O)CN(C)CC1(O)CCCC1)C1CCCCC1. The molecular formula is C17H32N2O2. The highest BCUT2D eigenvalue weighted by Gasteiger charge is 2.33. The lowest BCUT2D eigenvalue weighted by molar-refractivity contribution is -0.135. The Morgan fingerprint density at radius 1 is 1.14 bits per heavy atom. The first kappa shape index (κ1) is 16.8. The molecule has 1 amide bonds. The molecule has 0 aliphatic heterocycles. The predicted molar refractivity (Wildman–Crippen MR) is 85.2 cm³/mol. The van der Waals surface area contributed by atoms with Crippen molar-refractivity contribution in [2.45, 2.75) is 76.4 Å². The van der Waals surface area contributed by atoms with E-state index in [1.807, 2.05) is 11.9 Å². The second-order valence-corrected chi connectivity index (χ2v) is 7.08. The molecule has 4 heteroatoms. The summed E-state index contributed by atoms with van der Waals surface area (Å²) in [6.07, 6.45) is 10.1. The average molecular weight is 296 g/mol. The number of amides is 1. The van der Waals surface area contributed by atoms with Gasteiger partial charge in [0.05, 0.1) is 12.1 Å². The summed E-state index contributed by atoms with van der Waals surface area (Å²) in [5.41, 5.74) is -0.559. The monoisotopic (exact) mass is 296 g/mol. The summed E-state index contributed by atoms with van der Waals surface area (Å²) in [6.45, 7) is 3.95. The summed E-state index contributed by atoms with van der Waals surface area (Å²) < 4.78 is 0. The lowest BCUT2D eigenvalue weighted by atomic mass is 9.94. The maximum atomic E-state index is 12.6. The van der Waals surface area contributed by atoms with Gasteiger partial charge in [0.1, 0.15) is 0 Å². The average Bonchev–Trinajstić information content (AvgIpc) is 2.86. The Morgan fingerprint density at radius 3 is 2.33 bits per heavy atom. The maximum Gasteiger partial charge on any atom is 0.236 e. The zero-order chi connectivity index (χ0) is 15.3. The molecule has 0 bridgehead atoms. The number of hydrogen-bond donors (Lipinski definition) is 1. The molecule has 0 spiro atoms. The first-order chi connectivity index (χ1) is 10.0. The zero-order valence-corrected chi connectivity index (χ0v) is 13.8. The third kappa shape index (κ3) is 4.68. The quantitative estimate of drug-likeness (QED) is 0.818. The Balaban J connectivity index is 1.83. The van der Waals surface area contributed by atoms with Gasteiger partial charge in [-0.1, -0.05) is 32.1 Å². The molecule has 0 aromatic heterocycles. The molecule has 0 aromatic rings. The van der Waals surface area contributed by atoms with Crippen LogP contribution in [-0.4, -0.2) is 59.1 Å². The number of rotatable bonds is 6. The highest BCUT2D eigenvalue weighted by Crippen LogP contribution is 2.30. The second-order valence-electron chi connectivity index (χ2n) is 7.08. The van der Waals surface area contributed by atoms with E-state index in [0.29, 0.717) is 19.1 Å². The molecule has 0 aromatic carbocycles. The molecule has 1 N–H and O–H groups in total. The Kier molecular flexibility index (Phi) is 6.06. The molecule has 2 aliphatic carbocycles. The van der Waals surface area contributed by atoms with Crippen molar-refractivity contribution in [2.24, 2.45) is 0 Å². The fraction of sp³-hybridized carbons (Fsp3) is 0.941. The number of likely N-dealkylation sites (N-methyl/N-ethyl adjacent to an activating group) is 2. The summed E-state index contributed by atoms with van der Waals surface area (Å²) in [7, 11) is 1.96. The van der Waals surface area contributed by atoms with Crippen molar-refractivity contribution in [3.8, 4) is 0 Å². The first-order valence-corrected chi connectivity index (χ1v) is 8.74. The van der Waals surface area contributed by atoms with Crippen LogP contribution in [0, 0.1) is 0 Å². The third-order valence-electron chi connectivity index (χ3n) is 5.18. The van der Waals surface area contributed by atoms with Gasteiger partial charge in [0.2, 0.25) is 5.91 Å². The summed E-state index contributed by atoms with van der Waals surface area (Å²) in [5, 5.41) is 10.5. The van der Waals surface area contributed by atoms with Crippen molar-refractivity contribution >= 4 is 5.91 Å². The fourth-order valence-corrected chi connectivity index (χ4v) is 4.10. The molecule has 122 valence electrons. The lowest BCUT2D eigenvalue weighted by Crippen LogP contribution is -2.48. The van der Waals surface area contributed by atoms with Gasteiger partial charge in [-0.25, -0.2) is 0 Å². The van der Waals surface area contributed by atoms with Crippen molar-refractivity contribution in [2.75, 3.05) is 26.7 Å². The van der Waals surface area contributed by atoms with Crippen molar-refractivity contribution < 1.29 is 9.90 Å². The van der Waals surface area contributed by atoms with Crippen LogP contribution in [0.25, 0.3) is 0 Å². The number of carbonyl (C=O) groups is 1. The minimum Gasteiger partial charge on any atom is -0.389 e. The van der Waals surface area contributed by atoms with Gasteiger partial charge in [0, 0.05) is 19.1 Å². The van der Waals surface area contributed by atoms with Crippen LogP contribution in [0.1, 0.15) is 64.7 Å². The summed E-state index contributed by atoms with van der Waals surface area (Å²) in [4.78, 5) is 16.6. The van der Waals surface area contributed by atoms with Crippen LogP contribution in [0.2, 0.25) is 0 Å². The van der Waals surface area contributed by atoms with Gasteiger partial charge in [0.25, 0.3) is 0 Å². The third-order valence-corrected chi connectivity index (χ3v) is 5.18. The van der Waals surface area contributed by atoms with E-state index in [0.717, 1.165) is 45.1 Å². The van der Waals surface area contributed by atoms with E-state index < -0.39 is 5.60 Å². The molecule has 4 nitrogen and oxygen atoms in total. The van der Waals surface area contributed by atoms with E-state index in [4.69, 9.17) is 0 Å². The predicted octanol–water partition coefficient (Wildman–Crippen LogP) is 2.40. The Morgan fingerprint density at radius 2 is 1.76 bits per heavy atom. The molecule has 2 aliphatic rings. The molecule has 0 saturated heterocycles. The number of aliphatic hydroxyl groups is 1. The van der Waals surface area contributed by atoms with Crippen LogP contribution in [0.5, 0.6) is 0 Å². The summed E-state index contributed by atoms with van der Waals surface area (Å²) in [6, 6.07) is 0.444. The van der Waals surface area contributed by atoms with Gasteiger partial charge >= 0.3 is 0 Å². The van der Waals surface area contributed by atoms with E-state index >= 15 is 0 Å². The Labute approximate surface area is 129 Å². The zero-order valence-electron chi connectivity index (χ0n) is 13.8. The molecule has 2 saturated carbocycles. The number of nitrogens with zero attached hydrogens (tertiary/aromatic N) is 2. The normalized spacial score (nSPS) is 22.7. The van der Waals surface area contributed by atoms with Crippen LogP contribution >= 0.6 is 0 Å². The molecular weight excluding hydrogens is 264 g/mol. The van der Waals surface area contributed by atoms with E-state index in [-0.39, 0.29) is 5.91 Å². The lowest BCUT2D eigenvalue weighted by Gasteiger charge is -2.35. The van der Waals surface area contributed by atoms with Crippen LogP contribution < -0.4 is 0 Å². The van der Waals surface area contributed by atoms with E-state index in [1.54, 1.807) is 0 Å². The summed E-state index contributed by atoms with van der Waals surface area (Å²) >= 11 is 0. The van der Waals surface area contributed by atoms with Gasteiger partial charge in [0.15, 0.2) is 0 Å². The van der Waals surface area contributed by atoms with E-state index in [2.05, 4.69) is 11.8 Å². The minimum atomic E-state index is -0.559. The molecule has 2 rings (SSSR count). The molecule has 0 radical (unpaired) electrons. The fourth-order valence-electron chi connectivity index (χ4n) is 4.10. The van der Waals surface area contributed by atoms with Crippen molar-refractivity contribution in [1.29, 1.82) is 0 Å². The molecule has 21 heavy (non-hydrogen) atoms. The van der Waals surface area contributed by atoms with Crippen LogP contribution in [0.3, 0.4) is 0 Å². The molecule has 0 unspecified atom stereocenters. The standard InChI is InChI=1S/C17H32N2O2/c1-3-19(15-9-5-4-6-10-15)16(20)13-18(2)14-17(21)11-7-8-12-17/h15,21H,3-14H2,1-2H3. The van der Waals surface area contributed by atoms with Crippen molar-refractivity contribution in [1.82, 2.24) is 9.80 Å². The minimum absolute atomic E-state index is 0.230. The van der Waals surface area contributed by atoms with Crippen molar-refractivity contribution in [3.05, 3.63) is 0 Å².